The zero-order valence-corrected chi connectivity index (χ0v) is 11.2. The fraction of sp³-hybridized carbons (Fsp3) is 0.500. The first kappa shape index (κ1) is 13.2. The zero-order chi connectivity index (χ0) is 12.3. The first-order chi connectivity index (χ1) is 7.33. The van der Waals surface area contributed by atoms with Gasteiger partial charge in [-0.15, -0.1) is 0 Å². The third kappa shape index (κ3) is 3.64. The Morgan fingerprint density at radius 3 is 2.44 bits per heavy atom. The van der Waals surface area contributed by atoms with Gasteiger partial charge in [0.15, 0.2) is 5.78 Å². The van der Waals surface area contributed by atoms with Gasteiger partial charge in [0, 0.05) is 17.0 Å². The van der Waals surface area contributed by atoms with E-state index in [2.05, 4.69) is 20.8 Å². The van der Waals surface area contributed by atoms with Crippen LogP contribution in [0.4, 0.5) is 0 Å². The molecule has 0 aliphatic carbocycles. The van der Waals surface area contributed by atoms with Crippen LogP contribution in [0.5, 0.6) is 0 Å². The Balaban J connectivity index is 2.93. The predicted molar refractivity (Wildman–Crippen MR) is 69.2 cm³/mol. The van der Waals surface area contributed by atoms with Crippen molar-refractivity contribution < 1.29 is 4.79 Å². The molecule has 0 aromatic heterocycles. The number of halogens is 1. The van der Waals surface area contributed by atoms with Crippen molar-refractivity contribution in [3.8, 4) is 0 Å². The summed E-state index contributed by atoms with van der Waals surface area (Å²) < 4.78 is 0. The van der Waals surface area contributed by atoms with E-state index in [0.717, 1.165) is 22.6 Å². The van der Waals surface area contributed by atoms with Gasteiger partial charge in [-0.25, -0.2) is 0 Å². The fourth-order valence-corrected chi connectivity index (χ4v) is 1.85. The normalized spacial score (nSPS) is 11.6. The molecule has 2 heteroatoms. The van der Waals surface area contributed by atoms with E-state index in [-0.39, 0.29) is 11.2 Å². The summed E-state index contributed by atoms with van der Waals surface area (Å²) in [5.41, 5.74) is 1.85. The second-order valence-corrected chi connectivity index (χ2v) is 5.73. The molecule has 0 saturated carbocycles. The van der Waals surface area contributed by atoms with E-state index in [4.69, 9.17) is 11.6 Å². The van der Waals surface area contributed by atoms with Crippen molar-refractivity contribution in [1.82, 2.24) is 0 Å². The summed E-state index contributed by atoms with van der Waals surface area (Å²) in [7, 11) is 0. The first-order valence-corrected chi connectivity index (χ1v) is 6.03. The van der Waals surface area contributed by atoms with Gasteiger partial charge >= 0.3 is 0 Å². The summed E-state index contributed by atoms with van der Waals surface area (Å²) in [6.45, 7) is 8.25. The minimum Gasteiger partial charge on any atom is -0.294 e. The van der Waals surface area contributed by atoms with Crippen LogP contribution in [0.3, 0.4) is 0 Å². The summed E-state index contributed by atoms with van der Waals surface area (Å²) in [6.07, 6.45) is 1.42. The Hall–Kier alpha value is -0.820. The second-order valence-electron chi connectivity index (χ2n) is 5.32. The highest BCUT2D eigenvalue weighted by molar-refractivity contribution is 6.31. The third-order valence-electron chi connectivity index (χ3n) is 2.44. The lowest BCUT2D eigenvalue weighted by Gasteiger charge is -2.17. The number of benzene rings is 1. The van der Waals surface area contributed by atoms with E-state index >= 15 is 0 Å². The van der Waals surface area contributed by atoms with E-state index < -0.39 is 0 Å². The van der Waals surface area contributed by atoms with Gasteiger partial charge in [0.25, 0.3) is 0 Å². The molecule has 0 unspecified atom stereocenters. The van der Waals surface area contributed by atoms with Gasteiger partial charge in [0.1, 0.15) is 0 Å². The minimum absolute atomic E-state index is 0.0309. The Labute approximate surface area is 103 Å². The summed E-state index contributed by atoms with van der Waals surface area (Å²) in [5, 5.41) is 0.745. The van der Waals surface area contributed by atoms with E-state index in [9.17, 15) is 4.79 Å². The molecule has 0 atom stereocenters. The summed E-state index contributed by atoms with van der Waals surface area (Å²) in [4.78, 5) is 12.0. The number of carbonyl (C=O) groups excluding carboxylic acids is 1. The van der Waals surface area contributed by atoms with Crippen molar-refractivity contribution in [2.24, 2.45) is 5.41 Å². The van der Waals surface area contributed by atoms with Gasteiger partial charge in [0.05, 0.1) is 0 Å². The molecule has 1 nitrogen and oxygen atoms in total. The molecule has 88 valence electrons. The van der Waals surface area contributed by atoms with Crippen molar-refractivity contribution in [3.05, 3.63) is 34.3 Å². The lowest BCUT2D eigenvalue weighted by Crippen LogP contribution is -2.13. The number of hydrogen-bond donors (Lipinski definition) is 0. The third-order valence-corrected chi connectivity index (χ3v) is 2.81. The van der Waals surface area contributed by atoms with Crippen LogP contribution in [0, 0.1) is 5.41 Å². The highest BCUT2D eigenvalue weighted by Gasteiger charge is 2.17. The molecular formula is C14H19ClO. The van der Waals surface area contributed by atoms with E-state index in [0.29, 0.717) is 6.42 Å². The SMILES string of the molecule is CCc1cc(C(=O)CC(C)(C)C)ccc1Cl. The van der Waals surface area contributed by atoms with Gasteiger partial charge in [-0.1, -0.05) is 39.3 Å². The van der Waals surface area contributed by atoms with Crippen LogP contribution in [0.15, 0.2) is 18.2 Å². The molecule has 0 bridgehead atoms. The summed E-state index contributed by atoms with van der Waals surface area (Å²) in [5.74, 6) is 0.193. The smallest absolute Gasteiger partial charge is 0.163 e. The van der Waals surface area contributed by atoms with Crippen LogP contribution >= 0.6 is 11.6 Å². The van der Waals surface area contributed by atoms with Gasteiger partial charge in [-0.2, -0.15) is 0 Å². The molecule has 16 heavy (non-hydrogen) atoms. The maximum Gasteiger partial charge on any atom is 0.163 e. The maximum absolute atomic E-state index is 12.0. The van der Waals surface area contributed by atoms with Crippen molar-refractivity contribution >= 4 is 17.4 Å². The lowest BCUT2D eigenvalue weighted by molar-refractivity contribution is 0.0940. The van der Waals surface area contributed by atoms with E-state index in [1.165, 1.54) is 0 Å². The largest absolute Gasteiger partial charge is 0.294 e. The van der Waals surface area contributed by atoms with E-state index in [1.54, 1.807) is 0 Å². The van der Waals surface area contributed by atoms with Crippen molar-refractivity contribution in [2.45, 2.75) is 40.5 Å². The highest BCUT2D eigenvalue weighted by atomic mass is 35.5. The maximum atomic E-state index is 12.0. The summed E-state index contributed by atoms with van der Waals surface area (Å²) >= 11 is 6.02. The van der Waals surface area contributed by atoms with Gasteiger partial charge in [-0.3, -0.25) is 4.79 Å². The Morgan fingerprint density at radius 2 is 1.94 bits per heavy atom. The van der Waals surface area contributed by atoms with Crippen LogP contribution in [-0.2, 0) is 6.42 Å². The Kier molecular flexibility index (Phi) is 4.15. The average molecular weight is 239 g/mol. The summed E-state index contributed by atoms with van der Waals surface area (Å²) in [6, 6.07) is 5.54. The first-order valence-electron chi connectivity index (χ1n) is 5.65. The van der Waals surface area contributed by atoms with Crippen LogP contribution in [0.1, 0.15) is 50.0 Å². The lowest BCUT2D eigenvalue weighted by atomic mass is 9.87. The number of rotatable bonds is 3. The molecular weight excluding hydrogens is 220 g/mol. The topological polar surface area (TPSA) is 17.1 Å². The molecule has 0 aliphatic rings. The van der Waals surface area contributed by atoms with Crippen LogP contribution in [0.25, 0.3) is 0 Å². The Bertz CT molecular complexity index is 388. The van der Waals surface area contributed by atoms with Crippen molar-refractivity contribution in [3.63, 3.8) is 0 Å². The standard InChI is InChI=1S/C14H19ClO/c1-5-10-8-11(6-7-12(10)15)13(16)9-14(2,3)4/h6-8H,5,9H2,1-4H3. The van der Waals surface area contributed by atoms with E-state index in [1.807, 2.05) is 25.1 Å². The van der Waals surface area contributed by atoms with Crippen molar-refractivity contribution in [2.75, 3.05) is 0 Å². The molecule has 1 aromatic carbocycles. The highest BCUT2D eigenvalue weighted by Crippen LogP contribution is 2.24. The minimum atomic E-state index is 0.0309. The van der Waals surface area contributed by atoms with Gasteiger partial charge in [-0.05, 0) is 35.6 Å². The fourth-order valence-electron chi connectivity index (χ4n) is 1.60. The van der Waals surface area contributed by atoms with Crippen LogP contribution < -0.4 is 0 Å². The molecule has 0 N–H and O–H groups in total. The monoisotopic (exact) mass is 238 g/mol. The quantitative estimate of drug-likeness (QED) is 0.708. The molecule has 0 fully saturated rings. The van der Waals surface area contributed by atoms with Gasteiger partial charge in [0.2, 0.25) is 0 Å². The molecule has 0 radical (unpaired) electrons. The molecule has 0 saturated heterocycles. The van der Waals surface area contributed by atoms with Crippen molar-refractivity contribution in [1.29, 1.82) is 0 Å². The number of hydrogen-bond acceptors (Lipinski definition) is 1. The predicted octanol–water partition coefficient (Wildman–Crippen LogP) is 4.52. The molecule has 0 amide bonds. The molecule has 0 spiro atoms. The molecule has 0 aliphatic heterocycles. The average Bonchev–Trinajstić information content (AvgIpc) is 2.15. The number of aryl methyl sites for hydroxylation is 1. The van der Waals surface area contributed by atoms with Gasteiger partial charge < -0.3 is 0 Å². The van der Waals surface area contributed by atoms with Crippen LogP contribution in [0.2, 0.25) is 5.02 Å². The Morgan fingerprint density at radius 1 is 1.31 bits per heavy atom. The molecule has 1 rings (SSSR count). The molecule has 1 aromatic rings. The zero-order valence-electron chi connectivity index (χ0n) is 10.4. The van der Waals surface area contributed by atoms with Crippen LogP contribution in [-0.4, -0.2) is 5.78 Å². The second kappa shape index (κ2) is 5.01. The number of ketones is 1. The number of carbonyl (C=O) groups is 1. The molecule has 0 heterocycles. The number of Topliss-reactive ketones (excluding diaryl/α,β-unsaturated/α-hetero) is 1.